The highest BCUT2D eigenvalue weighted by atomic mass is 16.4. The first-order valence-electron chi connectivity index (χ1n) is 11.6. The Morgan fingerprint density at radius 1 is 1.16 bits per heavy atom. The molecule has 170 valence electrons. The van der Waals surface area contributed by atoms with Crippen LogP contribution in [0.4, 0.5) is 0 Å². The Labute approximate surface area is 188 Å². The minimum absolute atomic E-state index is 0.0280. The van der Waals surface area contributed by atoms with Crippen LogP contribution in [0.25, 0.3) is 22.2 Å². The molecule has 0 bridgehead atoms. The third-order valence-electron chi connectivity index (χ3n) is 6.68. The van der Waals surface area contributed by atoms with Crippen LogP contribution in [0.3, 0.4) is 0 Å². The molecule has 1 aliphatic rings. The standard InChI is InChI=1S/C25H33N5O2/c1-17-9-8-10-18(2)29(17)13-6-3-7-14-30-21-12-5-4-11-19(21)15-20(25(30)31)22-16-28-24(32-22)23(26)27/h4-5,11-12,15-18H,3,6-10,13-14H2,1-2H3,(H3,26,27)/t17-,18+. The summed E-state index contributed by atoms with van der Waals surface area (Å²) in [7, 11) is 0. The predicted octanol–water partition coefficient (Wildman–Crippen LogP) is 4.37. The number of pyridine rings is 1. The summed E-state index contributed by atoms with van der Waals surface area (Å²) in [5.74, 6) is 0.114. The van der Waals surface area contributed by atoms with E-state index in [4.69, 9.17) is 15.6 Å². The van der Waals surface area contributed by atoms with Crippen LogP contribution in [0.1, 0.15) is 58.3 Å². The maximum atomic E-state index is 13.3. The molecular weight excluding hydrogens is 402 g/mol. The predicted molar refractivity (Wildman–Crippen MR) is 128 cm³/mol. The Bertz CT molecular complexity index is 1140. The van der Waals surface area contributed by atoms with Gasteiger partial charge in [-0.05, 0) is 63.6 Å². The monoisotopic (exact) mass is 435 g/mol. The van der Waals surface area contributed by atoms with E-state index in [9.17, 15) is 4.79 Å². The van der Waals surface area contributed by atoms with Crippen molar-refractivity contribution in [2.75, 3.05) is 6.54 Å². The van der Waals surface area contributed by atoms with Gasteiger partial charge in [-0.25, -0.2) is 4.98 Å². The van der Waals surface area contributed by atoms with Crippen molar-refractivity contribution in [3.8, 4) is 11.3 Å². The highest BCUT2D eigenvalue weighted by molar-refractivity contribution is 5.91. The molecule has 7 heteroatoms. The van der Waals surface area contributed by atoms with Crippen molar-refractivity contribution < 1.29 is 4.42 Å². The Morgan fingerprint density at radius 3 is 2.59 bits per heavy atom. The summed E-state index contributed by atoms with van der Waals surface area (Å²) < 4.78 is 7.41. The van der Waals surface area contributed by atoms with E-state index in [1.165, 1.54) is 25.5 Å². The van der Waals surface area contributed by atoms with Gasteiger partial charge in [-0.1, -0.05) is 31.0 Å². The van der Waals surface area contributed by atoms with Crippen LogP contribution in [0.15, 0.2) is 45.7 Å². The van der Waals surface area contributed by atoms with E-state index < -0.39 is 0 Å². The lowest BCUT2D eigenvalue weighted by Gasteiger charge is -2.39. The molecule has 0 aliphatic carbocycles. The van der Waals surface area contributed by atoms with Crippen molar-refractivity contribution in [1.82, 2.24) is 14.5 Å². The van der Waals surface area contributed by atoms with E-state index >= 15 is 0 Å². The van der Waals surface area contributed by atoms with Crippen molar-refractivity contribution in [2.24, 2.45) is 5.73 Å². The Kier molecular flexibility index (Phi) is 6.74. The molecule has 32 heavy (non-hydrogen) atoms. The number of nitrogens with zero attached hydrogens (tertiary/aromatic N) is 3. The van der Waals surface area contributed by atoms with E-state index in [1.807, 2.05) is 34.9 Å². The fourth-order valence-electron chi connectivity index (χ4n) is 4.91. The van der Waals surface area contributed by atoms with Crippen LogP contribution in [-0.4, -0.2) is 38.9 Å². The second-order valence-electron chi connectivity index (χ2n) is 8.94. The maximum absolute atomic E-state index is 13.3. The van der Waals surface area contributed by atoms with Gasteiger partial charge in [0, 0.05) is 18.6 Å². The van der Waals surface area contributed by atoms with E-state index in [2.05, 4.69) is 23.7 Å². The number of piperidine rings is 1. The second kappa shape index (κ2) is 9.69. The molecule has 7 nitrogen and oxygen atoms in total. The number of fused-ring (bicyclic) bond motifs is 1. The van der Waals surface area contributed by atoms with Gasteiger partial charge in [0.1, 0.15) is 0 Å². The summed E-state index contributed by atoms with van der Waals surface area (Å²) >= 11 is 0. The molecule has 0 amide bonds. The van der Waals surface area contributed by atoms with Gasteiger partial charge in [0.2, 0.25) is 0 Å². The summed E-state index contributed by atoms with van der Waals surface area (Å²) in [5.41, 5.74) is 6.73. The van der Waals surface area contributed by atoms with Crippen LogP contribution < -0.4 is 11.3 Å². The number of oxazole rings is 1. The van der Waals surface area contributed by atoms with Gasteiger partial charge in [0.15, 0.2) is 11.6 Å². The highest BCUT2D eigenvalue weighted by Gasteiger charge is 2.23. The molecule has 1 aliphatic heterocycles. The molecule has 1 aromatic carbocycles. The molecule has 3 aromatic rings. The average molecular weight is 436 g/mol. The first kappa shape index (κ1) is 22.3. The maximum Gasteiger partial charge on any atom is 0.262 e. The average Bonchev–Trinajstić information content (AvgIpc) is 3.27. The van der Waals surface area contributed by atoms with E-state index in [1.54, 1.807) is 0 Å². The number of unbranched alkanes of at least 4 members (excludes halogenated alkanes) is 2. The van der Waals surface area contributed by atoms with Gasteiger partial charge < -0.3 is 14.7 Å². The summed E-state index contributed by atoms with van der Waals surface area (Å²) in [6.45, 7) is 6.47. The summed E-state index contributed by atoms with van der Waals surface area (Å²) in [5, 5.41) is 8.47. The minimum atomic E-state index is -0.255. The zero-order valence-electron chi connectivity index (χ0n) is 19.0. The zero-order chi connectivity index (χ0) is 22.7. The number of benzene rings is 1. The number of nitrogen functional groups attached to an aromatic ring is 1. The van der Waals surface area contributed by atoms with Gasteiger partial charge in [-0.15, -0.1) is 0 Å². The van der Waals surface area contributed by atoms with Crippen LogP contribution in [0, 0.1) is 5.41 Å². The topological polar surface area (TPSA) is 101 Å². The lowest BCUT2D eigenvalue weighted by Crippen LogP contribution is -2.44. The first-order valence-corrected chi connectivity index (χ1v) is 11.6. The number of nitrogens with one attached hydrogen (secondary N) is 1. The van der Waals surface area contributed by atoms with E-state index in [-0.39, 0.29) is 17.3 Å². The third kappa shape index (κ3) is 4.63. The summed E-state index contributed by atoms with van der Waals surface area (Å²) in [6, 6.07) is 11.1. The quantitative estimate of drug-likeness (QED) is 0.311. The molecule has 0 radical (unpaired) electrons. The molecule has 1 saturated heterocycles. The fourth-order valence-corrected chi connectivity index (χ4v) is 4.91. The number of hydrogen-bond donors (Lipinski definition) is 2. The molecule has 4 rings (SSSR count). The smallest absolute Gasteiger partial charge is 0.262 e. The Balaban J connectivity index is 1.49. The minimum Gasteiger partial charge on any atom is -0.433 e. The lowest BCUT2D eigenvalue weighted by atomic mass is 9.97. The van der Waals surface area contributed by atoms with Crippen molar-refractivity contribution in [1.29, 1.82) is 5.41 Å². The number of aryl methyl sites for hydroxylation is 1. The lowest BCUT2D eigenvalue weighted by molar-refractivity contribution is 0.101. The van der Waals surface area contributed by atoms with Crippen LogP contribution in [0.5, 0.6) is 0 Å². The molecule has 0 spiro atoms. The first-order chi connectivity index (χ1) is 15.5. The number of aromatic nitrogens is 2. The summed E-state index contributed by atoms with van der Waals surface area (Å²) in [6.07, 6.45) is 8.57. The van der Waals surface area contributed by atoms with Crippen molar-refractivity contribution in [2.45, 2.75) is 71.0 Å². The van der Waals surface area contributed by atoms with Gasteiger partial charge in [0.05, 0.1) is 17.3 Å². The second-order valence-corrected chi connectivity index (χ2v) is 8.94. The fraction of sp³-hybridized carbons (Fsp3) is 0.480. The molecular formula is C25H33N5O2. The molecule has 3 heterocycles. The Morgan fingerprint density at radius 2 is 1.88 bits per heavy atom. The molecule has 1 fully saturated rings. The Hall–Kier alpha value is -2.93. The largest absolute Gasteiger partial charge is 0.433 e. The normalized spacial score (nSPS) is 19.4. The van der Waals surface area contributed by atoms with E-state index in [0.29, 0.717) is 30.0 Å². The molecule has 3 N–H and O–H groups in total. The van der Waals surface area contributed by atoms with Crippen molar-refractivity contribution in [3.63, 3.8) is 0 Å². The van der Waals surface area contributed by atoms with E-state index in [0.717, 1.165) is 36.7 Å². The van der Waals surface area contributed by atoms with Gasteiger partial charge in [-0.2, -0.15) is 0 Å². The van der Waals surface area contributed by atoms with Gasteiger partial charge in [-0.3, -0.25) is 15.1 Å². The molecule has 0 unspecified atom stereocenters. The van der Waals surface area contributed by atoms with Crippen molar-refractivity contribution in [3.05, 3.63) is 52.8 Å². The number of likely N-dealkylation sites (tertiary alicyclic amines) is 1. The number of amidine groups is 1. The van der Waals surface area contributed by atoms with Gasteiger partial charge >= 0.3 is 0 Å². The van der Waals surface area contributed by atoms with Crippen LogP contribution in [-0.2, 0) is 6.54 Å². The summed E-state index contributed by atoms with van der Waals surface area (Å²) in [4.78, 5) is 20.0. The van der Waals surface area contributed by atoms with Crippen molar-refractivity contribution >= 4 is 16.7 Å². The number of nitrogens with two attached hydrogens (primary N) is 1. The highest BCUT2D eigenvalue weighted by Crippen LogP contribution is 2.24. The molecule has 0 saturated carbocycles. The molecule has 2 aromatic heterocycles. The molecule has 2 atom stereocenters. The number of para-hydroxylation sites is 1. The SMILES string of the molecule is C[C@@H]1CCC[C@H](C)N1CCCCCn1c(=O)c(-c2cnc(C(=N)N)o2)cc2ccccc21. The number of hydrogen-bond acceptors (Lipinski definition) is 5. The third-order valence-corrected chi connectivity index (χ3v) is 6.68. The number of rotatable bonds is 8. The van der Waals surface area contributed by atoms with Gasteiger partial charge in [0.25, 0.3) is 11.4 Å². The van der Waals surface area contributed by atoms with Crippen LogP contribution in [0.2, 0.25) is 0 Å². The zero-order valence-corrected chi connectivity index (χ0v) is 19.0. The van der Waals surface area contributed by atoms with Crippen LogP contribution >= 0.6 is 0 Å².